The SMILES string of the molecule is Cc1cc(N=C(N)CCl)ccc1OCc1ccccc1. The molecule has 104 valence electrons. The number of aryl methyl sites for hydroxylation is 1. The van der Waals surface area contributed by atoms with E-state index in [0.717, 1.165) is 22.6 Å². The molecule has 0 aromatic heterocycles. The Balaban J connectivity index is 2.06. The molecule has 0 saturated heterocycles. The molecule has 0 unspecified atom stereocenters. The van der Waals surface area contributed by atoms with Gasteiger partial charge in [-0.15, -0.1) is 11.6 Å². The summed E-state index contributed by atoms with van der Waals surface area (Å²) in [7, 11) is 0. The van der Waals surface area contributed by atoms with Crippen molar-refractivity contribution in [1.29, 1.82) is 0 Å². The molecule has 0 bridgehead atoms. The molecule has 2 aromatic carbocycles. The lowest BCUT2D eigenvalue weighted by atomic mass is 10.2. The molecular weight excluding hydrogens is 272 g/mol. The molecule has 0 aliphatic carbocycles. The summed E-state index contributed by atoms with van der Waals surface area (Å²) in [5.74, 6) is 1.48. The Kier molecular flexibility index (Phi) is 5.02. The van der Waals surface area contributed by atoms with Gasteiger partial charge in [0.05, 0.1) is 11.6 Å². The van der Waals surface area contributed by atoms with Crippen molar-refractivity contribution in [2.24, 2.45) is 10.7 Å². The molecule has 0 amide bonds. The van der Waals surface area contributed by atoms with Crippen LogP contribution < -0.4 is 10.5 Å². The van der Waals surface area contributed by atoms with Crippen molar-refractivity contribution in [2.75, 3.05) is 5.88 Å². The van der Waals surface area contributed by atoms with Crippen LogP contribution in [-0.4, -0.2) is 11.7 Å². The second-order valence-electron chi connectivity index (χ2n) is 4.46. The maximum atomic E-state index is 5.80. The van der Waals surface area contributed by atoms with Gasteiger partial charge in [-0.1, -0.05) is 30.3 Å². The molecule has 0 aliphatic rings. The first-order chi connectivity index (χ1) is 9.69. The van der Waals surface area contributed by atoms with Gasteiger partial charge in [-0.25, -0.2) is 4.99 Å². The maximum absolute atomic E-state index is 5.80. The molecule has 3 nitrogen and oxygen atoms in total. The Hall–Kier alpha value is -2.00. The molecule has 2 N–H and O–H groups in total. The van der Waals surface area contributed by atoms with E-state index in [-0.39, 0.29) is 5.88 Å². The van der Waals surface area contributed by atoms with Crippen molar-refractivity contribution in [1.82, 2.24) is 0 Å². The van der Waals surface area contributed by atoms with Gasteiger partial charge in [-0.05, 0) is 36.2 Å². The van der Waals surface area contributed by atoms with Gasteiger partial charge in [-0.2, -0.15) is 0 Å². The Labute approximate surface area is 124 Å². The van der Waals surface area contributed by atoms with E-state index in [1.165, 1.54) is 0 Å². The van der Waals surface area contributed by atoms with Gasteiger partial charge in [0.15, 0.2) is 0 Å². The highest BCUT2D eigenvalue weighted by molar-refractivity contribution is 6.28. The molecule has 2 aromatic rings. The number of nitrogens with two attached hydrogens (primary N) is 1. The first kappa shape index (κ1) is 14.4. The lowest BCUT2D eigenvalue weighted by Crippen LogP contribution is -2.12. The standard InChI is InChI=1S/C16H17ClN2O/c1-12-9-14(19-16(18)10-17)7-8-15(12)20-11-13-5-3-2-4-6-13/h2-9H,10-11H2,1H3,(H2,18,19). The molecular formula is C16H17ClN2O. The number of nitrogens with zero attached hydrogens (tertiary/aromatic N) is 1. The lowest BCUT2D eigenvalue weighted by Gasteiger charge is -2.09. The number of alkyl halides is 1. The number of hydrogen-bond donors (Lipinski definition) is 1. The minimum atomic E-state index is 0.227. The van der Waals surface area contributed by atoms with Gasteiger partial charge in [0, 0.05) is 0 Å². The third kappa shape index (κ3) is 4.00. The molecule has 0 spiro atoms. The second kappa shape index (κ2) is 6.96. The topological polar surface area (TPSA) is 47.6 Å². The van der Waals surface area contributed by atoms with Gasteiger partial charge in [0.25, 0.3) is 0 Å². The fourth-order valence-electron chi connectivity index (χ4n) is 1.80. The van der Waals surface area contributed by atoms with Crippen LogP contribution in [0, 0.1) is 6.92 Å². The summed E-state index contributed by atoms with van der Waals surface area (Å²) in [4.78, 5) is 4.20. The zero-order chi connectivity index (χ0) is 14.4. The molecule has 0 saturated carbocycles. The van der Waals surface area contributed by atoms with Crippen LogP contribution in [-0.2, 0) is 6.61 Å². The molecule has 20 heavy (non-hydrogen) atoms. The van der Waals surface area contributed by atoms with E-state index in [9.17, 15) is 0 Å². The van der Waals surface area contributed by atoms with Crippen molar-refractivity contribution in [3.05, 3.63) is 59.7 Å². The van der Waals surface area contributed by atoms with Crippen molar-refractivity contribution < 1.29 is 4.74 Å². The number of amidine groups is 1. The highest BCUT2D eigenvalue weighted by Crippen LogP contribution is 2.24. The first-order valence-electron chi connectivity index (χ1n) is 6.35. The van der Waals surface area contributed by atoms with E-state index >= 15 is 0 Å². The van der Waals surface area contributed by atoms with Crippen LogP contribution in [0.3, 0.4) is 0 Å². The summed E-state index contributed by atoms with van der Waals surface area (Å²) in [5, 5.41) is 0. The van der Waals surface area contributed by atoms with Crippen LogP contribution >= 0.6 is 11.6 Å². The number of rotatable bonds is 5. The molecule has 0 radical (unpaired) electrons. The average molecular weight is 289 g/mol. The van der Waals surface area contributed by atoms with Crippen molar-refractivity contribution in [3.8, 4) is 5.75 Å². The number of ether oxygens (including phenoxy) is 1. The highest BCUT2D eigenvalue weighted by Gasteiger charge is 2.02. The van der Waals surface area contributed by atoms with Gasteiger partial charge >= 0.3 is 0 Å². The van der Waals surface area contributed by atoms with Crippen LogP contribution in [0.15, 0.2) is 53.5 Å². The number of aliphatic imine (C=N–C) groups is 1. The van der Waals surface area contributed by atoms with Crippen molar-refractivity contribution >= 4 is 23.1 Å². The fourth-order valence-corrected chi connectivity index (χ4v) is 1.86. The Morgan fingerprint density at radius 1 is 1.20 bits per heavy atom. The largest absolute Gasteiger partial charge is 0.489 e. The summed E-state index contributed by atoms with van der Waals surface area (Å²) < 4.78 is 5.80. The summed E-state index contributed by atoms with van der Waals surface area (Å²) in [6.45, 7) is 2.53. The van der Waals surface area contributed by atoms with E-state index in [1.807, 2.05) is 55.5 Å². The Morgan fingerprint density at radius 3 is 2.60 bits per heavy atom. The predicted octanol–water partition coefficient (Wildman–Crippen LogP) is 3.80. The normalized spacial score (nSPS) is 11.4. The highest BCUT2D eigenvalue weighted by atomic mass is 35.5. The summed E-state index contributed by atoms with van der Waals surface area (Å²) in [5.41, 5.74) is 8.56. The molecule has 4 heteroatoms. The Morgan fingerprint density at radius 2 is 1.95 bits per heavy atom. The molecule has 0 heterocycles. The van der Waals surface area contributed by atoms with E-state index in [2.05, 4.69) is 4.99 Å². The van der Waals surface area contributed by atoms with Gasteiger partial charge in [-0.3, -0.25) is 0 Å². The minimum Gasteiger partial charge on any atom is -0.489 e. The minimum absolute atomic E-state index is 0.227. The number of halogens is 1. The van der Waals surface area contributed by atoms with Crippen molar-refractivity contribution in [2.45, 2.75) is 13.5 Å². The summed E-state index contributed by atoms with van der Waals surface area (Å²) >= 11 is 5.61. The molecule has 0 atom stereocenters. The van der Waals surface area contributed by atoms with Crippen LogP contribution in [0.5, 0.6) is 5.75 Å². The lowest BCUT2D eigenvalue weighted by molar-refractivity contribution is 0.304. The zero-order valence-electron chi connectivity index (χ0n) is 11.3. The fraction of sp³-hybridized carbons (Fsp3) is 0.188. The van der Waals surface area contributed by atoms with Crippen LogP contribution in [0.4, 0.5) is 5.69 Å². The molecule has 0 fully saturated rings. The number of hydrogen-bond acceptors (Lipinski definition) is 2. The van der Waals surface area contributed by atoms with Crippen LogP contribution in [0.1, 0.15) is 11.1 Å². The first-order valence-corrected chi connectivity index (χ1v) is 6.89. The van der Waals surface area contributed by atoms with Crippen LogP contribution in [0.25, 0.3) is 0 Å². The monoisotopic (exact) mass is 288 g/mol. The van der Waals surface area contributed by atoms with Gasteiger partial charge < -0.3 is 10.5 Å². The van der Waals surface area contributed by atoms with E-state index in [4.69, 9.17) is 22.1 Å². The summed E-state index contributed by atoms with van der Waals surface area (Å²) in [6.07, 6.45) is 0. The molecule has 2 rings (SSSR count). The smallest absolute Gasteiger partial charge is 0.122 e. The zero-order valence-corrected chi connectivity index (χ0v) is 12.1. The summed E-state index contributed by atoms with van der Waals surface area (Å²) in [6, 6.07) is 15.8. The third-order valence-corrected chi connectivity index (χ3v) is 3.08. The van der Waals surface area contributed by atoms with E-state index < -0.39 is 0 Å². The molecule has 0 aliphatic heterocycles. The van der Waals surface area contributed by atoms with E-state index in [1.54, 1.807) is 0 Å². The quantitative estimate of drug-likeness (QED) is 0.517. The predicted molar refractivity (Wildman–Crippen MR) is 84.0 cm³/mol. The second-order valence-corrected chi connectivity index (χ2v) is 4.73. The van der Waals surface area contributed by atoms with Gasteiger partial charge in [0.2, 0.25) is 0 Å². The number of benzene rings is 2. The average Bonchev–Trinajstić information content (AvgIpc) is 2.47. The van der Waals surface area contributed by atoms with E-state index in [0.29, 0.717) is 12.4 Å². The van der Waals surface area contributed by atoms with Crippen LogP contribution in [0.2, 0.25) is 0 Å². The Bertz CT molecular complexity index is 597. The maximum Gasteiger partial charge on any atom is 0.122 e. The van der Waals surface area contributed by atoms with Crippen molar-refractivity contribution in [3.63, 3.8) is 0 Å². The third-order valence-electron chi connectivity index (χ3n) is 2.81. The van der Waals surface area contributed by atoms with Gasteiger partial charge in [0.1, 0.15) is 18.2 Å².